The minimum Gasteiger partial charge on any atom is -0.369 e. The molecule has 2 heterocycles. The van der Waals surface area contributed by atoms with Crippen LogP contribution < -0.4 is 21.9 Å². The van der Waals surface area contributed by atoms with Gasteiger partial charge in [0.1, 0.15) is 5.82 Å². The summed E-state index contributed by atoms with van der Waals surface area (Å²) in [5.74, 6) is 5.93. The Bertz CT molecular complexity index is 439. The fraction of sp³-hybridized carbons (Fsp3) is 0.444. The number of hydrazine groups is 1. The van der Waals surface area contributed by atoms with Gasteiger partial charge in [0.05, 0.1) is 10.4 Å². The van der Waals surface area contributed by atoms with E-state index in [9.17, 15) is 4.79 Å². The van der Waals surface area contributed by atoms with Crippen LogP contribution in [0.5, 0.6) is 0 Å². The maximum absolute atomic E-state index is 11.1. The minimum atomic E-state index is -0.269. The quantitative estimate of drug-likeness (QED) is 0.528. The number of halogens is 1. The van der Waals surface area contributed by atoms with Crippen molar-refractivity contribution in [2.45, 2.75) is 6.42 Å². The number of carbonyl (C=O) groups excluding carboxylic acids is 1. The molecule has 0 saturated carbocycles. The van der Waals surface area contributed by atoms with Crippen LogP contribution in [0.15, 0.2) is 10.7 Å². The number of anilines is 2. The Balaban J connectivity index is 2.20. The van der Waals surface area contributed by atoms with E-state index in [0.29, 0.717) is 12.5 Å². The largest absolute Gasteiger partial charge is 0.369 e. The van der Waals surface area contributed by atoms with Crippen LogP contribution in [0.1, 0.15) is 6.42 Å². The Hall–Kier alpha value is -1.41. The first kappa shape index (κ1) is 12.1. The highest BCUT2D eigenvalue weighted by Crippen LogP contribution is 2.28. The molecule has 0 aliphatic carbocycles. The van der Waals surface area contributed by atoms with Gasteiger partial charge in [-0.1, -0.05) is 0 Å². The number of hydrogen-bond donors (Lipinski definition) is 3. The van der Waals surface area contributed by atoms with Crippen LogP contribution in [0.25, 0.3) is 0 Å². The van der Waals surface area contributed by atoms with Crippen LogP contribution in [-0.2, 0) is 4.79 Å². The van der Waals surface area contributed by atoms with Gasteiger partial charge in [-0.2, -0.15) is 4.98 Å². The number of hydrogen-bond acceptors (Lipinski definition) is 6. The average molecular weight is 301 g/mol. The van der Waals surface area contributed by atoms with Crippen LogP contribution >= 0.6 is 15.9 Å². The molecule has 1 unspecified atom stereocenters. The molecule has 1 saturated heterocycles. The van der Waals surface area contributed by atoms with Crippen molar-refractivity contribution < 1.29 is 4.79 Å². The van der Waals surface area contributed by atoms with Crippen molar-refractivity contribution >= 4 is 33.6 Å². The van der Waals surface area contributed by atoms with Crippen molar-refractivity contribution in [2.75, 3.05) is 23.4 Å². The lowest BCUT2D eigenvalue weighted by atomic mass is 10.1. The van der Waals surface area contributed by atoms with Gasteiger partial charge in [0.15, 0.2) is 0 Å². The second-order valence-corrected chi connectivity index (χ2v) is 4.70. The molecule has 0 spiro atoms. The molecule has 1 aliphatic rings. The SMILES string of the molecule is NNc1ncc(Br)c(N2CCC(C(N)=O)C2)n1. The molecule has 8 heteroatoms. The minimum absolute atomic E-state index is 0.119. The molecule has 0 aromatic carbocycles. The molecule has 1 aromatic rings. The summed E-state index contributed by atoms with van der Waals surface area (Å²) in [7, 11) is 0. The lowest BCUT2D eigenvalue weighted by molar-refractivity contribution is -0.121. The number of primary amides is 1. The molecule has 1 atom stereocenters. The molecule has 5 N–H and O–H groups in total. The predicted molar refractivity (Wildman–Crippen MR) is 67.1 cm³/mol. The van der Waals surface area contributed by atoms with Gasteiger partial charge in [0.25, 0.3) is 0 Å². The number of nitrogens with zero attached hydrogens (tertiary/aromatic N) is 3. The molecule has 92 valence electrons. The second-order valence-electron chi connectivity index (χ2n) is 3.84. The zero-order chi connectivity index (χ0) is 12.4. The third-order valence-corrected chi connectivity index (χ3v) is 3.30. The third-order valence-electron chi connectivity index (χ3n) is 2.74. The highest BCUT2D eigenvalue weighted by molar-refractivity contribution is 9.10. The van der Waals surface area contributed by atoms with Crippen LogP contribution in [0.2, 0.25) is 0 Å². The van der Waals surface area contributed by atoms with E-state index in [1.165, 1.54) is 0 Å². The van der Waals surface area contributed by atoms with Crippen molar-refractivity contribution in [2.24, 2.45) is 17.5 Å². The van der Waals surface area contributed by atoms with Crippen LogP contribution in [0, 0.1) is 5.92 Å². The summed E-state index contributed by atoms with van der Waals surface area (Å²) in [6, 6.07) is 0. The van der Waals surface area contributed by atoms with Gasteiger partial charge >= 0.3 is 0 Å². The number of rotatable bonds is 3. The molecule has 1 amide bonds. The highest BCUT2D eigenvalue weighted by atomic mass is 79.9. The standard InChI is InChI=1S/C9H13BrN6O/c10-6-3-13-9(15-12)14-8(6)16-2-1-5(4-16)7(11)17/h3,5H,1-2,4,12H2,(H2,11,17)(H,13,14,15). The van der Waals surface area contributed by atoms with E-state index in [-0.39, 0.29) is 11.8 Å². The average Bonchev–Trinajstić information content (AvgIpc) is 2.79. The van der Waals surface area contributed by atoms with E-state index in [0.717, 1.165) is 23.3 Å². The number of amides is 1. The molecular formula is C9H13BrN6O. The zero-order valence-corrected chi connectivity index (χ0v) is 10.6. The van der Waals surface area contributed by atoms with Gasteiger partial charge in [-0.15, -0.1) is 0 Å². The molecule has 1 fully saturated rings. The van der Waals surface area contributed by atoms with Crippen molar-refractivity contribution in [3.05, 3.63) is 10.7 Å². The maximum Gasteiger partial charge on any atom is 0.239 e. The topological polar surface area (TPSA) is 110 Å². The number of carbonyl (C=O) groups is 1. The monoisotopic (exact) mass is 300 g/mol. The Morgan fingerprint density at radius 3 is 3.00 bits per heavy atom. The van der Waals surface area contributed by atoms with E-state index in [1.54, 1.807) is 6.20 Å². The predicted octanol–water partition coefficient (Wildman–Crippen LogP) is -0.164. The molecule has 7 nitrogen and oxygen atoms in total. The van der Waals surface area contributed by atoms with Gasteiger partial charge in [0.2, 0.25) is 11.9 Å². The van der Waals surface area contributed by atoms with E-state index >= 15 is 0 Å². The lowest BCUT2D eigenvalue weighted by Gasteiger charge is -2.18. The van der Waals surface area contributed by atoms with Crippen LogP contribution in [-0.4, -0.2) is 29.0 Å². The highest BCUT2D eigenvalue weighted by Gasteiger charge is 2.28. The van der Waals surface area contributed by atoms with Crippen molar-refractivity contribution in [1.82, 2.24) is 9.97 Å². The molecule has 0 bridgehead atoms. The van der Waals surface area contributed by atoms with E-state index < -0.39 is 0 Å². The van der Waals surface area contributed by atoms with E-state index in [4.69, 9.17) is 11.6 Å². The Kier molecular flexibility index (Phi) is 3.43. The Labute approximate surface area is 107 Å². The zero-order valence-electron chi connectivity index (χ0n) is 9.06. The van der Waals surface area contributed by atoms with Crippen molar-refractivity contribution in [3.63, 3.8) is 0 Å². The van der Waals surface area contributed by atoms with Crippen molar-refractivity contribution in [3.8, 4) is 0 Å². The summed E-state index contributed by atoms with van der Waals surface area (Å²) in [6.45, 7) is 1.32. The molecular weight excluding hydrogens is 288 g/mol. The van der Waals surface area contributed by atoms with Crippen molar-refractivity contribution in [1.29, 1.82) is 0 Å². The lowest BCUT2D eigenvalue weighted by Crippen LogP contribution is -2.28. The third kappa shape index (κ3) is 2.47. The van der Waals surface area contributed by atoms with Crippen LogP contribution in [0.4, 0.5) is 11.8 Å². The summed E-state index contributed by atoms with van der Waals surface area (Å²) in [6.07, 6.45) is 2.37. The molecule has 2 rings (SSSR count). The first-order chi connectivity index (χ1) is 8.11. The van der Waals surface area contributed by atoms with E-state index in [1.807, 2.05) is 4.90 Å². The Morgan fingerprint density at radius 1 is 1.65 bits per heavy atom. The summed E-state index contributed by atoms with van der Waals surface area (Å²) in [5.41, 5.74) is 7.68. The van der Waals surface area contributed by atoms with Gasteiger partial charge < -0.3 is 10.6 Å². The first-order valence-electron chi connectivity index (χ1n) is 5.15. The molecule has 0 radical (unpaired) electrons. The smallest absolute Gasteiger partial charge is 0.239 e. The summed E-state index contributed by atoms with van der Waals surface area (Å²) in [5, 5.41) is 0. The molecule has 17 heavy (non-hydrogen) atoms. The summed E-state index contributed by atoms with van der Waals surface area (Å²) >= 11 is 3.38. The van der Waals surface area contributed by atoms with Gasteiger partial charge in [-0.05, 0) is 22.4 Å². The van der Waals surface area contributed by atoms with E-state index in [2.05, 4.69) is 31.3 Å². The summed E-state index contributed by atoms with van der Waals surface area (Å²) in [4.78, 5) is 21.3. The number of nitrogens with two attached hydrogens (primary N) is 2. The number of aromatic nitrogens is 2. The first-order valence-corrected chi connectivity index (χ1v) is 5.94. The van der Waals surface area contributed by atoms with Gasteiger partial charge in [-0.25, -0.2) is 10.8 Å². The van der Waals surface area contributed by atoms with Gasteiger partial charge in [-0.3, -0.25) is 10.2 Å². The summed E-state index contributed by atoms with van der Waals surface area (Å²) < 4.78 is 0.765. The maximum atomic E-state index is 11.1. The van der Waals surface area contributed by atoms with Crippen LogP contribution in [0.3, 0.4) is 0 Å². The normalized spacial score (nSPS) is 19.4. The Morgan fingerprint density at radius 2 is 2.41 bits per heavy atom. The fourth-order valence-corrected chi connectivity index (χ4v) is 2.28. The number of nitrogens with one attached hydrogen (secondary N) is 1. The fourth-order valence-electron chi connectivity index (χ4n) is 1.83. The second kappa shape index (κ2) is 4.84. The molecule has 1 aliphatic heterocycles. The van der Waals surface area contributed by atoms with Gasteiger partial charge in [0, 0.05) is 19.3 Å². The molecule has 1 aromatic heterocycles. The number of nitrogen functional groups attached to an aromatic ring is 1.